The summed E-state index contributed by atoms with van der Waals surface area (Å²) < 4.78 is 0. The molecule has 0 saturated heterocycles. The van der Waals surface area contributed by atoms with E-state index >= 15 is 0 Å². The molecule has 0 unspecified atom stereocenters. The molecule has 0 aliphatic rings. The Labute approximate surface area is 99.7 Å². The monoisotopic (exact) mass is 220 g/mol. The average molecular weight is 220 g/mol. The molecular formula is C14H24N2. The highest BCUT2D eigenvalue weighted by molar-refractivity contribution is 5.03. The lowest BCUT2D eigenvalue weighted by molar-refractivity contribution is 0.269. The van der Waals surface area contributed by atoms with Gasteiger partial charge in [-0.05, 0) is 31.6 Å². The van der Waals surface area contributed by atoms with Crippen molar-refractivity contribution in [1.29, 1.82) is 0 Å². The number of pyridine rings is 1. The van der Waals surface area contributed by atoms with E-state index in [-0.39, 0.29) is 0 Å². The van der Waals surface area contributed by atoms with E-state index in [4.69, 9.17) is 0 Å². The molecule has 90 valence electrons. The zero-order chi connectivity index (χ0) is 11.6. The van der Waals surface area contributed by atoms with Gasteiger partial charge in [0.2, 0.25) is 0 Å². The summed E-state index contributed by atoms with van der Waals surface area (Å²) in [5, 5.41) is 0. The predicted molar refractivity (Wildman–Crippen MR) is 69.3 cm³/mol. The third kappa shape index (κ3) is 5.26. The lowest BCUT2D eigenvalue weighted by Crippen LogP contribution is -2.24. The van der Waals surface area contributed by atoms with Gasteiger partial charge < -0.3 is 0 Å². The fourth-order valence-electron chi connectivity index (χ4n) is 1.83. The van der Waals surface area contributed by atoms with Gasteiger partial charge >= 0.3 is 0 Å². The highest BCUT2D eigenvalue weighted by Gasteiger charge is 2.03. The summed E-state index contributed by atoms with van der Waals surface area (Å²) in [5.74, 6) is 0. The third-order valence-corrected chi connectivity index (χ3v) is 2.89. The van der Waals surface area contributed by atoms with Gasteiger partial charge in [-0.25, -0.2) is 0 Å². The number of nitrogens with zero attached hydrogens (tertiary/aromatic N) is 2. The van der Waals surface area contributed by atoms with Crippen molar-refractivity contribution < 1.29 is 0 Å². The van der Waals surface area contributed by atoms with Gasteiger partial charge in [0.25, 0.3) is 0 Å². The molecule has 0 fully saturated rings. The maximum absolute atomic E-state index is 4.37. The predicted octanol–water partition coefficient (Wildman–Crippen LogP) is 3.48. The van der Waals surface area contributed by atoms with E-state index in [1.807, 2.05) is 12.3 Å². The van der Waals surface area contributed by atoms with Crippen molar-refractivity contribution >= 4 is 0 Å². The lowest BCUT2D eigenvalue weighted by atomic mass is 10.2. The standard InChI is InChI=1S/C14H24N2/c1-3-5-6-9-12-16(4-2)13-14-10-7-8-11-15-14/h7-8,10-11H,3-6,9,12-13H2,1-2H3. The van der Waals surface area contributed by atoms with Crippen LogP contribution in [0.5, 0.6) is 0 Å². The summed E-state index contributed by atoms with van der Waals surface area (Å²) in [6.45, 7) is 7.79. The molecule has 2 nitrogen and oxygen atoms in total. The normalized spacial score (nSPS) is 10.9. The van der Waals surface area contributed by atoms with Crippen molar-refractivity contribution in [3.8, 4) is 0 Å². The molecule has 1 heterocycles. The molecule has 2 heteroatoms. The maximum Gasteiger partial charge on any atom is 0.0543 e. The van der Waals surface area contributed by atoms with Crippen LogP contribution in [0.3, 0.4) is 0 Å². The van der Waals surface area contributed by atoms with E-state index in [0.717, 1.165) is 13.1 Å². The SMILES string of the molecule is CCCCCCN(CC)Cc1ccccn1. The average Bonchev–Trinajstić information content (AvgIpc) is 2.34. The van der Waals surface area contributed by atoms with Crippen LogP contribution in [0.25, 0.3) is 0 Å². The molecule has 1 rings (SSSR count). The second-order valence-electron chi connectivity index (χ2n) is 4.25. The Balaban J connectivity index is 2.26. The summed E-state index contributed by atoms with van der Waals surface area (Å²) in [6.07, 6.45) is 7.22. The lowest BCUT2D eigenvalue weighted by Gasteiger charge is -2.19. The van der Waals surface area contributed by atoms with Gasteiger partial charge in [0.05, 0.1) is 5.69 Å². The van der Waals surface area contributed by atoms with Crippen LogP contribution in [0.2, 0.25) is 0 Å². The molecule has 0 N–H and O–H groups in total. The second-order valence-corrected chi connectivity index (χ2v) is 4.25. The number of rotatable bonds is 8. The molecular weight excluding hydrogens is 196 g/mol. The van der Waals surface area contributed by atoms with Crippen molar-refractivity contribution in [3.05, 3.63) is 30.1 Å². The van der Waals surface area contributed by atoms with Crippen molar-refractivity contribution in [2.75, 3.05) is 13.1 Å². The van der Waals surface area contributed by atoms with Crippen molar-refractivity contribution in [3.63, 3.8) is 0 Å². The van der Waals surface area contributed by atoms with Gasteiger partial charge in [0.1, 0.15) is 0 Å². The highest BCUT2D eigenvalue weighted by atomic mass is 15.1. The Morgan fingerprint density at radius 2 is 2.00 bits per heavy atom. The molecule has 0 spiro atoms. The van der Waals surface area contributed by atoms with Crippen LogP contribution in [0, 0.1) is 0 Å². The molecule has 16 heavy (non-hydrogen) atoms. The van der Waals surface area contributed by atoms with Crippen molar-refractivity contribution in [2.45, 2.75) is 46.1 Å². The van der Waals surface area contributed by atoms with Crippen LogP contribution in [0.4, 0.5) is 0 Å². The first-order valence-corrected chi connectivity index (χ1v) is 6.49. The minimum atomic E-state index is 0.990. The Kier molecular flexibility index (Phi) is 6.82. The van der Waals surface area contributed by atoms with Crippen LogP contribution >= 0.6 is 0 Å². The van der Waals surface area contributed by atoms with Crippen LogP contribution in [0.15, 0.2) is 24.4 Å². The Morgan fingerprint density at radius 3 is 2.62 bits per heavy atom. The Morgan fingerprint density at radius 1 is 1.12 bits per heavy atom. The molecule has 1 aromatic rings. The zero-order valence-electron chi connectivity index (χ0n) is 10.7. The summed E-state index contributed by atoms with van der Waals surface area (Å²) in [4.78, 5) is 6.84. The number of unbranched alkanes of at least 4 members (excludes halogenated alkanes) is 3. The van der Waals surface area contributed by atoms with Gasteiger partial charge in [0, 0.05) is 12.7 Å². The first-order chi connectivity index (χ1) is 7.86. The number of aromatic nitrogens is 1. The summed E-state index contributed by atoms with van der Waals surface area (Å²) in [6, 6.07) is 6.14. The fraction of sp³-hybridized carbons (Fsp3) is 0.643. The largest absolute Gasteiger partial charge is 0.298 e. The van der Waals surface area contributed by atoms with Gasteiger partial charge in [-0.2, -0.15) is 0 Å². The van der Waals surface area contributed by atoms with Gasteiger partial charge in [0.15, 0.2) is 0 Å². The van der Waals surface area contributed by atoms with E-state index in [2.05, 4.69) is 35.9 Å². The molecule has 1 aromatic heterocycles. The minimum absolute atomic E-state index is 0.990. The van der Waals surface area contributed by atoms with Gasteiger partial charge in [-0.3, -0.25) is 9.88 Å². The maximum atomic E-state index is 4.37. The minimum Gasteiger partial charge on any atom is -0.298 e. The van der Waals surface area contributed by atoms with E-state index in [9.17, 15) is 0 Å². The van der Waals surface area contributed by atoms with Gasteiger partial charge in [-0.1, -0.05) is 39.2 Å². The van der Waals surface area contributed by atoms with E-state index < -0.39 is 0 Å². The molecule has 0 bridgehead atoms. The highest BCUT2D eigenvalue weighted by Crippen LogP contribution is 2.05. The molecule has 0 atom stereocenters. The molecule has 0 amide bonds. The van der Waals surface area contributed by atoms with Gasteiger partial charge in [-0.15, -0.1) is 0 Å². The van der Waals surface area contributed by atoms with Crippen LogP contribution in [0.1, 0.15) is 45.2 Å². The first kappa shape index (κ1) is 13.2. The third-order valence-electron chi connectivity index (χ3n) is 2.89. The number of hydrogen-bond acceptors (Lipinski definition) is 2. The summed E-state index contributed by atoms with van der Waals surface area (Å²) in [7, 11) is 0. The van der Waals surface area contributed by atoms with Crippen molar-refractivity contribution in [2.24, 2.45) is 0 Å². The van der Waals surface area contributed by atoms with Crippen LogP contribution in [-0.4, -0.2) is 23.0 Å². The molecule has 0 aliphatic heterocycles. The summed E-state index contributed by atoms with van der Waals surface area (Å²) in [5.41, 5.74) is 1.18. The zero-order valence-corrected chi connectivity index (χ0v) is 10.7. The van der Waals surface area contributed by atoms with E-state index in [1.54, 1.807) is 0 Å². The molecule has 0 radical (unpaired) electrons. The summed E-state index contributed by atoms with van der Waals surface area (Å²) >= 11 is 0. The van der Waals surface area contributed by atoms with Crippen molar-refractivity contribution in [1.82, 2.24) is 9.88 Å². The molecule has 0 aromatic carbocycles. The Bertz CT molecular complexity index is 259. The topological polar surface area (TPSA) is 16.1 Å². The van der Waals surface area contributed by atoms with E-state index in [0.29, 0.717) is 0 Å². The molecule has 0 aliphatic carbocycles. The molecule has 0 saturated carbocycles. The van der Waals surface area contributed by atoms with E-state index in [1.165, 1.54) is 37.9 Å². The first-order valence-electron chi connectivity index (χ1n) is 6.49. The second kappa shape index (κ2) is 8.28. The smallest absolute Gasteiger partial charge is 0.0543 e. The Hall–Kier alpha value is -0.890. The quantitative estimate of drug-likeness (QED) is 0.623. The fourth-order valence-corrected chi connectivity index (χ4v) is 1.83. The van der Waals surface area contributed by atoms with Crippen LogP contribution in [-0.2, 0) is 6.54 Å². The van der Waals surface area contributed by atoms with Crippen LogP contribution < -0.4 is 0 Å². The number of hydrogen-bond donors (Lipinski definition) is 0.